The molecule has 0 radical (unpaired) electrons. The van der Waals surface area contributed by atoms with Crippen molar-refractivity contribution < 1.29 is 5.11 Å². The molecule has 1 fully saturated rings. The Morgan fingerprint density at radius 1 is 1.50 bits per heavy atom. The maximum Gasteiger partial charge on any atom is 0.0994 e. The van der Waals surface area contributed by atoms with Gasteiger partial charge in [0.15, 0.2) is 0 Å². The monoisotopic (exact) mass is 216 g/mol. The van der Waals surface area contributed by atoms with Crippen LogP contribution in [0.25, 0.3) is 0 Å². The van der Waals surface area contributed by atoms with Gasteiger partial charge < -0.3 is 10.4 Å². The quantitative estimate of drug-likeness (QED) is 0.814. The Kier molecular flexibility index (Phi) is 2.84. The van der Waals surface area contributed by atoms with Gasteiger partial charge in [0.1, 0.15) is 0 Å². The van der Waals surface area contributed by atoms with E-state index in [1.807, 2.05) is 25.1 Å². The van der Waals surface area contributed by atoms with Gasteiger partial charge in [-0.25, -0.2) is 0 Å². The van der Waals surface area contributed by atoms with E-state index < -0.39 is 0 Å². The van der Waals surface area contributed by atoms with Crippen molar-refractivity contribution in [2.75, 3.05) is 11.9 Å². The van der Waals surface area contributed by atoms with Gasteiger partial charge in [-0.1, -0.05) is 0 Å². The van der Waals surface area contributed by atoms with E-state index in [0.29, 0.717) is 5.56 Å². The smallest absolute Gasteiger partial charge is 0.0994 e. The number of nitrogens with one attached hydrogen (secondary N) is 1. The molecule has 0 bridgehead atoms. The van der Waals surface area contributed by atoms with E-state index in [1.54, 1.807) is 0 Å². The lowest BCUT2D eigenvalue weighted by molar-refractivity contribution is 0.144. The number of anilines is 1. The lowest BCUT2D eigenvalue weighted by Crippen LogP contribution is -2.48. The van der Waals surface area contributed by atoms with Crippen molar-refractivity contribution in [2.45, 2.75) is 31.7 Å². The topological polar surface area (TPSA) is 56.0 Å². The van der Waals surface area contributed by atoms with Gasteiger partial charge in [0, 0.05) is 5.69 Å². The molecule has 1 aromatic rings. The second-order valence-electron chi connectivity index (χ2n) is 4.56. The van der Waals surface area contributed by atoms with Gasteiger partial charge in [-0.05, 0) is 49.9 Å². The van der Waals surface area contributed by atoms with Crippen LogP contribution in [0.3, 0.4) is 0 Å². The van der Waals surface area contributed by atoms with Crippen molar-refractivity contribution in [3.8, 4) is 6.07 Å². The van der Waals surface area contributed by atoms with Crippen LogP contribution in [0.4, 0.5) is 5.69 Å². The van der Waals surface area contributed by atoms with Gasteiger partial charge in [0.25, 0.3) is 0 Å². The van der Waals surface area contributed by atoms with Crippen molar-refractivity contribution in [3.05, 3.63) is 29.3 Å². The third-order valence-corrected chi connectivity index (χ3v) is 3.37. The second kappa shape index (κ2) is 4.15. The van der Waals surface area contributed by atoms with Crippen molar-refractivity contribution >= 4 is 5.69 Å². The van der Waals surface area contributed by atoms with Crippen molar-refractivity contribution in [1.29, 1.82) is 5.26 Å². The Hall–Kier alpha value is -1.53. The number of aryl methyl sites for hydroxylation is 1. The van der Waals surface area contributed by atoms with E-state index in [9.17, 15) is 5.11 Å². The molecule has 2 N–H and O–H groups in total. The zero-order valence-corrected chi connectivity index (χ0v) is 9.45. The summed E-state index contributed by atoms with van der Waals surface area (Å²) in [6.45, 7) is 2.10. The number of nitrogens with zero attached hydrogens (tertiary/aromatic N) is 1. The van der Waals surface area contributed by atoms with E-state index in [2.05, 4.69) is 11.4 Å². The van der Waals surface area contributed by atoms with Crippen LogP contribution in [0.2, 0.25) is 0 Å². The Morgan fingerprint density at radius 2 is 2.25 bits per heavy atom. The van der Waals surface area contributed by atoms with Crippen molar-refractivity contribution in [2.24, 2.45) is 0 Å². The highest BCUT2D eigenvalue weighted by atomic mass is 16.3. The van der Waals surface area contributed by atoms with Gasteiger partial charge in [-0.15, -0.1) is 0 Å². The molecule has 3 heteroatoms. The molecule has 16 heavy (non-hydrogen) atoms. The van der Waals surface area contributed by atoms with Crippen LogP contribution >= 0.6 is 0 Å². The molecule has 84 valence electrons. The third-order valence-electron chi connectivity index (χ3n) is 3.37. The molecule has 0 aromatic heterocycles. The van der Waals surface area contributed by atoms with Crippen LogP contribution in [-0.2, 0) is 0 Å². The summed E-state index contributed by atoms with van der Waals surface area (Å²) >= 11 is 0. The molecule has 0 heterocycles. The van der Waals surface area contributed by atoms with Crippen LogP contribution in [0.5, 0.6) is 0 Å². The predicted molar refractivity (Wildman–Crippen MR) is 63.2 cm³/mol. The van der Waals surface area contributed by atoms with Crippen LogP contribution < -0.4 is 5.32 Å². The summed E-state index contributed by atoms with van der Waals surface area (Å²) in [5.41, 5.74) is 2.54. The van der Waals surface area contributed by atoms with Gasteiger partial charge >= 0.3 is 0 Å². The fourth-order valence-electron chi connectivity index (χ4n) is 2.10. The molecule has 0 atom stereocenters. The molecule has 0 saturated heterocycles. The second-order valence-corrected chi connectivity index (χ2v) is 4.56. The zero-order valence-electron chi connectivity index (χ0n) is 9.45. The van der Waals surface area contributed by atoms with Crippen LogP contribution in [-0.4, -0.2) is 17.3 Å². The fourth-order valence-corrected chi connectivity index (χ4v) is 2.10. The van der Waals surface area contributed by atoms with E-state index >= 15 is 0 Å². The standard InChI is InChI=1S/C13H16N2O/c1-10-7-12(4-3-11(10)8-14)15-13(9-16)5-2-6-13/h3-4,7,15-16H,2,5-6,9H2,1H3. The van der Waals surface area contributed by atoms with Gasteiger partial charge in [-0.2, -0.15) is 5.26 Å². The molecular weight excluding hydrogens is 200 g/mol. The summed E-state index contributed by atoms with van der Waals surface area (Å²) in [6.07, 6.45) is 3.20. The normalized spacial score (nSPS) is 17.3. The minimum atomic E-state index is -0.124. The molecule has 1 aliphatic carbocycles. The summed E-state index contributed by atoms with van der Waals surface area (Å²) in [5.74, 6) is 0. The first kappa shape index (κ1) is 11.0. The number of nitriles is 1. The number of aliphatic hydroxyl groups is 1. The van der Waals surface area contributed by atoms with Crippen LogP contribution in [0, 0.1) is 18.3 Å². The van der Waals surface area contributed by atoms with E-state index in [1.165, 1.54) is 6.42 Å². The molecule has 1 aliphatic rings. The number of hydrogen-bond acceptors (Lipinski definition) is 3. The lowest BCUT2D eigenvalue weighted by Gasteiger charge is -2.42. The lowest BCUT2D eigenvalue weighted by atomic mass is 9.77. The van der Waals surface area contributed by atoms with Gasteiger partial charge in [0.2, 0.25) is 0 Å². The van der Waals surface area contributed by atoms with Crippen molar-refractivity contribution in [3.63, 3.8) is 0 Å². The average Bonchev–Trinajstić information content (AvgIpc) is 2.24. The molecule has 0 unspecified atom stereocenters. The Balaban J connectivity index is 2.16. The molecule has 0 amide bonds. The first-order chi connectivity index (χ1) is 7.69. The third kappa shape index (κ3) is 1.89. The van der Waals surface area contributed by atoms with E-state index in [-0.39, 0.29) is 12.1 Å². The largest absolute Gasteiger partial charge is 0.394 e. The van der Waals surface area contributed by atoms with Gasteiger partial charge in [-0.3, -0.25) is 0 Å². The summed E-state index contributed by atoms with van der Waals surface area (Å²) in [5, 5.41) is 21.6. The first-order valence-electron chi connectivity index (χ1n) is 5.59. The Bertz CT molecular complexity index is 425. The number of hydrogen-bond donors (Lipinski definition) is 2. The minimum Gasteiger partial charge on any atom is -0.394 e. The van der Waals surface area contributed by atoms with Crippen molar-refractivity contribution in [1.82, 2.24) is 0 Å². The fraction of sp³-hybridized carbons (Fsp3) is 0.462. The first-order valence-corrected chi connectivity index (χ1v) is 5.59. The molecule has 1 aromatic carbocycles. The minimum absolute atomic E-state index is 0.124. The zero-order chi connectivity index (χ0) is 11.6. The molecule has 1 saturated carbocycles. The number of benzene rings is 1. The molecular formula is C13H16N2O. The molecule has 0 aliphatic heterocycles. The maximum atomic E-state index is 9.35. The Morgan fingerprint density at radius 3 is 2.69 bits per heavy atom. The summed E-state index contributed by atoms with van der Waals surface area (Å²) in [7, 11) is 0. The molecule has 2 rings (SSSR count). The molecule has 0 spiro atoms. The predicted octanol–water partition coefficient (Wildman–Crippen LogP) is 2.19. The maximum absolute atomic E-state index is 9.35. The summed E-state index contributed by atoms with van der Waals surface area (Å²) in [4.78, 5) is 0. The highest BCUT2D eigenvalue weighted by Crippen LogP contribution is 2.35. The molecule has 3 nitrogen and oxygen atoms in total. The van der Waals surface area contributed by atoms with Crippen LogP contribution in [0.1, 0.15) is 30.4 Å². The summed E-state index contributed by atoms with van der Waals surface area (Å²) in [6, 6.07) is 7.84. The summed E-state index contributed by atoms with van der Waals surface area (Å²) < 4.78 is 0. The highest BCUT2D eigenvalue weighted by molar-refractivity contribution is 5.53. The van der Waals surface area contributed by atoms with Crippen LogP contribution in [0.15, 0.2) is 18.2 Å². The van der Waals surface area contributed by atoms with E-state index in [0.717, 1.165) is 24.1 Å². The highest BCUT2D eigenvalue weighted by Gasteiger charge is 2.36. The number of rotatable bonds is 3. The van der Waals surface area contributed by atoms with E-state index in [4.69, 9.17) is 5.26 Å². The average molecular weight is 216 g/mol. The van der Waals surface area contributed by atoms with Gasteiger partial charge in [0.05, 0.1) is 23.8 Å². The Labute approximate surface area is 95.7 Å². The number of aliphatic hydroxyl groups excluding tert-OH is 1. The SMILES string of the molecule is Cc1cc(NC2(CO)CCC2)ccc1C#N.